The Hall–Kier alpha value is -3.92. The number of nitriles is 1. The van der Waals surface area contributed by atoms with Gasteiger partial charge in [0.15, 0.2) is 0 Å². The maximum Gasteiger partial charge on any atom is 0.271 e. The van der Waals surface area contributed by atoms with E-state index >= 15 is 0 Å². The van der Waals surface area contributed by atoms with Crippen LogP contribution < -0.4 is 5.11 Å². The van der Waals surface area contributed by atoms with Crippen LogP contribution in [0, 0.1) is 11.3 Å². The molecule has 1 aromatic heterocycles. The average molecular weight is 375 g/mol. The smallest absolute Gasteiger partial charge is 0.271 e. The first-order valence-electron chi connectivity index (χ1n) is 8.48. The fourth-order valence-electron chi connectivity index (χ4n) is 2.94. The van der Waals surface area contributed by atoms with Gasteiger partial charge in [0.1, 0.15) is 23.2 Å². The monoisotopic (exact) mass is 375 g/mol. The van der Waals surface area contributed by atoms with Crippen LogP contribution in [0.3, 0.4) is 0 Å². The number of amides is 2. The van der Waals surface area contributed by atoms with Gasteiger partial charge in [-0.1, -0.05) is 18.2 Å². The summed E-state index contributed by atoms with van der Waals surface area (Å²) in [5, 5.41) is 20.3. The summed E-state index contributed by atoms with van der Waals surface area (Å²) in [6, 6.07) is 11.2. The number of imide groups is 1. The Morgan fingerprint density at radius 3 is 2.64 bits per heavy atom. The van der Waals surface area contributed by atoms with Crippen LogP contribution in [0.5, 0.6) is 0 Å². The second-order valence-electron chi connectivity index (χ2n) is 6.09. The molecule has 0 bridgehead atoms. The molecule has 1 aliphatic rings. The Bertz CT molecular complexity index is 1100. The van der Waals surface area contributed by atoms with E-state index in [-0.39, 0.29) is 23.3 Å². The van der Waals surface area contributed by atoms with Crippen LogP contribution in [-0.2, 0) is 9.59 Å². The Balaban J connectivity index is 2.03. The number of carboxylic acid groups (broad SMARTS) is 1. The van der Waals surface area contributed by atoms with Gasteiger partial charge in [0, 0.05) is 17.7 Å². The molecule has 0 unspecified atom stereocenters. The molecule has 2 amide bonds. The normalized spacial score (nSPS) is 15.9. The molecule has 1 aliphatic heterocycles. The minimum absolute atomic E-state index is 0.0193. The highest BCUT2D eigenvalue weighted by Gasteiger charge is 2.34. The zero-order chi connectivity index (χ0) is 20.4. The number of hydrogen-bond donors (Lipinski definition) is 0. The van der Waals surface area contributed by atoms with Gasteiger partial charge >= 0.3 is 0 Å². The number of nitrogens with zero attached hydrogens (tertiary/aromatic N) is 2. The van der Waals surface area contributed by atoms with Crippen LogP contribution in [0.1, 0.15) is 30.0 Å². The third kappa shape index (κ3) is 3.23. The lowest BCUT2D eigenvalue weighted by molar-refractivity contribution is -0.255. The maximum absolute atomic E-state index is 12.6. The Kier molecular flexibility index (Phi) is 4.96. The van der Waals surface area contributed by atoms with Gasteiger partial charge in [0.2, 0.25) is 0 Å². The van der Waals surface area contributed by atoms with Crippen molar-refractivity contribution in [3.05, 3.63) is 64.4 Å². The summed E-state index contributed by atoms with van der Waals surface area (Å²) >= 11 is 0. The van der Waals surface area contributed by atoms with Crippen molar-refractivity contribution in [1.29, 1.82) is 5.26 Å². The first kappa shape index (κ1) is 18.9. The molecule has 0 saturated carbocycles. The van der Waals surface area contributed by atoms with Gasteiger partial charge in [-0.25, -0.2) is 0 Å². The molecule has 0 N–H and O–H groups in total. The van der Waals surface area contributed by atoms with Crippen molar-refractivity contribution in [2.45, 2.75) is 13.8 Å². The summed E-state index contributed by atoms with van der Waals surface area (Å²) in [4.78, 5) is 36.8. The maximum atomic E-state index is 12.6. The minimum atomic E-state index is -1.29. The lowest BCUT2D eigenvalue weighted by Gasteiger charge is -2.25. The summed E-state index contributed by atoms with van der Waals surface area (Å²) in [6.45, 7) is 3.34. The van der Waals surface area contributed by atoms with E-state index in [4.69, 9.17) is 4.42 Å². The average Bonchev–Trinajstić information content (AvgIpc) is 3.15. The largest absolute Gasteiger partial charge is 0.545 e. The van der Waals surface area contributed by atoms with Crippen LogP contribution >= 0.6 is 0 Å². The van der Waals surface area contributed by atoms with Crippen LogP contribution in [0.4, 0.5) is 0 Å². The topological polar surface area (TPSA) is 114 Å². The molecule has 2 heterocycles. The van der Waals surface area contributed by atoms with E-state index in [9.17, 15) is 24.8 Å². The highest BCUT2D eigenvalue weighted by atomic mass is 16.4. The second kappa shape index (κ2) is 7.37. The molecule has 140 valence electrons. The summed E-state index contributed by atoms with van der Waals surface area (Å²) in [7, 11) is 0. The van der Waals surface area contributed by atoms with E-state index in [0.29, 0.717) is 22.7 Å². The number of furan rings is 1. The Morgan fingerprint density at radius 1 is 1.25 bits per heavy atom. The van der Waals surface area contributed by atoms with Crippen molar-refractivity contribution >= 4 is 23.9 Å². The lowest BCUT2D eigenvalue weighted by atomic mass is 9.95. The van der Waals surface area contributed by atoms with Crippen molar-refractivity contribution < 1.29 is 23.9 Å². The molecule has 0 fully saturated rings. The molecule has 2 aromatic rings. The SMILES string of the molecule is CCN1C(=O)C(C#N)=C(C)/C(=C/c2ccc(-c3cccc(C(=O)[O-])c3)o2)C1=O. The predicted octanol–water partition coefficient (Wildman–Crippen LogP) is 1.92. The summed E-state index contributed by atoms with van der Waals surface area (Å²) in [5.41, 5.74) is 0.963. The number of benzene rings is 1. The van der Waals surface area contributed by atoms with Gasteiger partial charge in [-0.3, -0.25) is 14.5 Å². The van der Waals surface area contributed by atoms with Gasteiger partial charge in [-0.15, -0.1) is 0 Å². The molecular weight excluding hydrogens is 360 g/mol. The van der Waals surface area contributed by atoms with Gasteiger partial charge in [0.25, 0.3) is 11.8 Å². The molecule has 0 saturated heterocycles. The summed E-state index contributed by atoms with van der Waals surface area (Å²) < 4.78 is 5.72. The molecule has 1 aromatic carbocycles. The van der Waals surface area contributed by atoms with Crippen molar-refractivity contribution in [3.8, 4) is 17.4 Å². The Labute approximate surface area is 160 Å². The highest BCUT2D eigenvalue weighted by Crippen LogP contribution is 2.29. The zero-order valence-corrected chi connectivity index (χ0v) is 15.2. The standard InChI is InChI=1S/C21H16N2O5/c1-3-23-19(24)16(12(2)17(11-22)20(23)25)10-15-7-8-18(28-15)13-5-4-6-14(9-13)21(26)27/h4-10H,3H2,1-2H3,(H,26,27)/p-1/b16-10-. The van der Waals surface area contributed by atoms with E-state index < -0.39 is 17.8 Å². The number of rotatable bonds is 4. The number of carboxylic acids is 1. The summed E-state index contributed by atoms with van der Waals surface area (Å²) in [6.07, 6.45) is 1.47. The van der Waals surface area contributed by atoms with Crippen molar-refractivity contribution in [2.75, 3.05) is 6.54 Å². The molecule has 0 spiro atoms. The fraction of sp³-hybridized carbons (Fsp3) is 0.143. The van der Waals surface area contributed by atoms with E-state index in [1.54, 1.807) is 38.1 Å². The van der Waals surface area contributed by atoms with Gasteiger partial charge < -0.3 is 14.3 Å². The van der Waals surface area contributed by atoms with Crippen molar-refractivity contribution in [2.24, 2.45) is 0 Å². The third-order valence-electron chi connectivity index (χ3n) is 4.44. The molecular formula is C21H15N2O5-. The first-order valence-corrected chi connectivity index (χ1v) is 8.48. The van der Waals surface area contributed by atoms with E-state index in [1.807, 2.05) is 6.07 Å². The number of hydrogen-bond acceptors (Lipinski definition) is 6. The van der Waals surface area contributed by atoms with Gasteiger partial charge in [0.05, 0.1) is 5.97 Å². The van der Waals surface area contributed by atoms with Gasteiger partial charge in [-0.2, -0.15) is 5.26 Å². The van der Waals surface area contributed by atoms with Crippen molar-refractivity contribution in [1.82, 2.24) is 4.90 Å². The molecule has 0 atom stereocenters. The predicted molar refractivity (Wildman–Crippen MR) is 97.2 cm³/mol. The molecule has 7 heteroatoms. The second-order valence-corrected chi connectivity index (χ2v) is 6.09. The fourth-order valence-corrected chi connectivity index (χ4v) is 2.94. The van der Waals surface area contributed by atoms with E-state index in [1.165, 1.54) is 18.2 Å². The summed E-state index contributed by atoms with van der Waals surface area (Å²) in [5.74, 6) is -1.66. The first-order chi connectivity index (χ1) is 13.4. The third-order valence-corrected chi connectivity index (χ3v) is 4.44. The van der Waals surface area contributed by atoms with Crippen LogP contribution in [0.2, 0.25) is 0 Å². The van der Waals surface area contributed by atoms with E-state index in [0.717, 1.165) is 4.90 Å². The van der Waals surface area contributed by atoms with Crippen LogP contribution in [0.25, 0.3) is 17.4 Å². The molecule has 3 rings (SSSR count). The number of aromatic carboxylic acids is 1. The van der Waals surface area contributed by atoms with Crippen molar-refractivity contribution in [3.63, 3.8) is 0 Å². The zero-order valence-electron chi connectivity index (χ0n) is 15.2. The molecule has 0 aliphatic carbocycles. The lowest BCUT2D eigenvalue weighted by Crippen LogP contribution is -2.42. The number of likely N-dealkylation sites (N-methyl/N-ethyl adjacent to an activating group) is 1. The highest BCUT2D eigenvalue weighted by molar-refractivity contribution is 6.19. The van der Waals surface area contributed by atoms with E-state index in [2.05, 4.69) is 0 Å². The molecule has 7 nitrogen and oxygen atoms in total. The van der Waals surface area contributed by atoms with Gasteiger partial charge in [-0.05, 0) is 49.3 Å². The minimum Gasteiger partial charge on any atom is -0.545 e. The number of carbonyl (C=O) groups is 3. The Morgan fingerprint density at radius 2 is 2.00 bits per heavy atom. The quantitative estimate of drug-likeness (QED) is 0.596. The van der Waals surface area contributed by atoms with Crippen LogP contribution in [0.15, 0.2) is 57.5 Å². The molecule has 0 radical (unpaired) electrons. The molecule has 28 heavy (non-hydrogen) atoms. The number of carbonyl (C=O) groups excluding carboxylic acids is 3. The van der Waals surface area contributed by atoms with Crippen LogP contribution in [-0.4, -0.2) is 29.2 Å².